The molecule has 0 bridgehead atoms. The highest BCUT2D eigenvalue weighted by atomic mass is 31.2. The molecular formula is C11H15N2O6P. The molecule has 1 atom stereocenters. The van der Waals surface area contributed by atoms with Crippen LogP contribution >= 0.6 is 7.75 Å². The first-order valence-corrected chi connectivity index (χ1v) is 7.26. The fraction of sp³-hybridized carbons (Fsp3) is 0.273. The number of aliphatic carboxylic acids is 1. The predicted molar refractivity (Wildman–Crippen MR) is 69.8 cm³/mol. The van der Waals surface area contributed by atoms with Crippen LogP contribution in [0.15, 0.2) is 30.3 Å². The lowest BCUT2D eigenvalue weighted by Gasteiger charge is -2.18. The highest BCUT2D eigenvalue weighted by Crippen LogP contribution is 2.29. The van der Waals surface area contributed by atoms with Crippen molar-refractivity contribution in [3.05, 3.63) is 35.9 Å². The van der Waals surface area contributed by atoms with Gasteiger partial charge in [0.25, 0.3) is 0 Å². The van der Waals surface area contributed by atoms with Crippen molar-refractivity contribution in [1.82, 2.24) is 10.4 Å². The van der Waals surface area contributed by atoms with Crippen molar-refractivity contribution in [2.75, 3.05) is 6.54 Å². The third kappa shape index (κ3) is 6.44. The van der Waals surface area contributed by atoms with Crippen molar-refractivity contribution in [3.63, 3.8) is 0 Å². The van der Waals surface area contributed by atoms with E-state index in [0.717, 1.165) is 0 Å². The monoisotopic (exact) mass is 302 g/mol. The van der Waals surface area contributed by atoms with E-state index in [1.165, 1.54) is 0 Å². The average molecular weight is 302 g/mol. The number of hydrogen-bond donors (Lipinski definition) is 5. The zero-order valence-corrected chi connectivity index (χ0v) is 11.3. The first kappa shape index (κ1) is 16.3. The van der Waals surface area contributed by atoms with Crippen LogP contribution in [0, 0.1) is 0 Å². The zero-order valence-electron chi connectivity index (χ0n) is 10.4. The van der Waals surface area contributed by atoms with E-state index in [1.54, 1.807) is 30.3 Å². The van der Waals surface area contributed by atoms with Crippen molar-refractivity contribution in [3.8, 4) is 0 Å². The second-order valence-corrected chi connectivity index (χ2v) is 5.37. The fourth-order valence-corrected chi connectivity index (χ4v) is 2.15. The molecule has 0 radical (unpaired) electrons. The molecule has 0 aliphatic heterocycles. The third-order valence-electron chi connectivity index (χ3n) is 2.34. The van der Waals surface area contributed by atoms with E-state index in [1.807, 2.05) is 5.09 Å². The molecule has 1 amide bonds. The molecule has 110 valence electrons. The minimum absolute atomic E-state index is 0.0252. The number of carbonyl (C=O) groups is 2. The highest BCUT2D eigenvalue weighted by Gasteiger charge is 2.26. The van der Waals surface area contributed by atoms with E-state index in [2.05, 4.69) is 5.32 Å². The molecule has 20 heavy (non-hydrogen) atoms. The van der Waals surface area contributed by atoms with Gasteiger partial charge >= 0.3 is 13.7 Å². The molecule has 0 saturated heterocycles. The van der Waals surface area contributed by atoms with E-state index in [-0.39, 0.29) is 6.42 Å². The Labute approximate surface area is 115 Å². The Morgan fingerprint density at radius 1 is 1.20 bits per heavy atom. The number of carboxylic acids is 1. The molecule has 8 nitrogen and oxygen atoms in total. The lowest BCUT2D eigenvalue weighted by molar-refractivity contribution is -0.138. The molecule has 5 N–H and O–H groups in total. The van der Waals surface area contributed by atoms with Gasteiger partial charge in [-0.3, -0.25) is 9.59 Å². The zero-order chi connectivity index (χ0) is 15.2. The molecule has 0 saturated carbocycles. The maximum absolute atomic E-state index is 11.7. The average Bonchev–Trinajstić information content (AvgIpc) is 2.34. The normalized spacial score (nSPS) is 12.7. The number of rotatable bonds is 7. The number of nitrogens with one attached hydrogen (secondary N) is 2. The number of benzene rings is 1. The molecule has 1 rings (SSSR count). The highest BCUT2D eigenvalue weighted by molar-refractivity contribution is 7.49. The van der Waals surface area contributed by atoms with Crippen LogP contribution in [-0.2, 0) is 20.6 Å². The summed E-state index contributed by atoms with van der Waals surface area (Å²) >= 11 is 0. The van der Waals surface area contributed by atoms with Crippen LogP contribution in [0.5, 0.6) is 0 Å². The fourth-order valence-electron chi connectivity index (χ4n) is 1.54. The van der Waals surface area contributed by atoms with Crippen molar-refractivity contribution >= 4 is 19.6 Å². The minimum atomic E-state index is -4.62. The Morgan fingerprint density at radius 3 is 2.30 bits per heavy atom. The van der Waals surface area contributed by atoms with Crippen LogP contribution < -0.4 is 10.4 Å². The summed E-state index contributed by atoms with van der Waals surface area (Å²) in [5.41, 5.74) is 0.684. The SMILES string of the molecule is O=C(O)CNC(=O)[C@H](Cc1ccccc1)NP(=O)(O)O. The molecule has 1 aromatic rings. The van der Waals surface area contributed by atoms with Crippen LogP contribution in [0.1, 0.15) is 5.56 Å². The topological polar surface area (TPSA) is 136 Å². The summed E-state index contributed by atoms with van der Waals surface area (Å²) in [6.07, 6.45) is 0.0252. The quantitative estimate of drug-likeness (QED) is 0.427. The molecule has 0 aliphatic rings. The van der Waals surface area contributed by atoms with E-state index < -0.39 is 32.2 Å². The Hall–Kier alpha value is -1.73. The molecule has 0 heterocycles. The van der Waals surface area contributed by atoms with Crippen LogP contribution in [0.4, 0.5) is 0 Å². The minimum Gasteiger partial charge on any atom is -0.480 e. The summed E-state index contributed by atoms with van der Waals surface area (Å²) in [5.74, 6) is -2.03. The van der Waals surface area contributed by atoms with Crippen LogP contribution in [0.2, 0.25) is 0 Å². The molecule has 1 aromatic carbocycles. The number of amides is 1. The Bertz CT molecular complexity index is 515. The lowest BCUT2D eigenvalue weighted by atomic mass is 10.1. The third-order valence-corrected chi connectivity index (χ3v) is 2.99. The van der Waals surface area contributed by atoms with Crippen LogP contribution in [0.25, 0.3) is 0 Å². The molecular weight excluding hydrogens is 287 g/mol. The van der Waals surface area contributed by atoms with Crippen LogP contribution in [-0.4, -0.2) is 39.4 Å². The van der Waals surface area contributed by atoms with E-state index in [0.29, 0.717) is 5.56 Å². The molecule has 0 fully saturated rings. The lowest BCUT2D eigenvalue weighted by Crippen LogP contribution is -2.45. The predicted octanol–water partition coefficient (Wildman–Crippen LogP) is -0.519. The first-order valence-electron chi connectivity index (χ1n) is 5.64. The van der Waals surface area contributed by atoms with Crippen LogP contribution in [0.3, 0.4) is 0 Å². The van der Waals surface area contributed by atoms with Gasteiger partial charge in [0.15, 0.2) is 0 Å². The van der Waals surface area contributed by atoms with Gasteiger partial charge < -0.3 is 20.2 Å². The number of hydrogen-bond acceptors (Lipinski definition) is 3. The first-order chi connectivity index (χ1) is 9.28. The van der Waals surface area contributed by atoms with E-state index in [4.69, 9.17) is 14.9 Å². The second kappa shape index (κ2) is 7.16. The summed E-state index contributed by atoms with van der Waals surface area (Å²) in [6, 6.07) is 7.37. The summed E-state index contributed by atoms with van der Waals surface area (Å²) < 4.78 is 11.0. The van der Waals surface area contributed by atoms with Crippen molar-refractivity contribution in [2.24, 2.45) is 0 Å². The molecule has 0 unspecified atom stereocenters. The standard InChI is InChI=1S/C11H15N2O6P/c14-10(15)7-12-11(16)9(13-20(17,18)19)6-8-4-2-1-3-5-8/h1-5,9H,6-7H2,(H,12,16)(H,14,15)(H3,13,17,18,19)/t9-/m0/s1. The summed E-state index contributed by atoms with van der Waals surface area (Å²) in [7, 11) is -4.62. The van der Waals surface area contributed by atoms with Gasteiger partial charge in [0.05, 0.1) is 0 Å². The summed E-state index contributed by atoms with van der Waals surface area (Å²) in [6.45, 7) is -0.618. The number of carboxylic acid groups (broad SMARTS) is 1. The van der Waals surface area contributed by atoms with Gasteiger partial charge in [-0.25, -0.2) is 9.65 Å². The van der Waals surface area contributed by atoms with Gasteiger partial charge in [-0.2, -0.15) is 0 Å². The van der Waals surface area contributed by atoms with Gasteiger partial charge in [-0.15, -0.1) is 0 Å². The Kier molecular flexibility index (Phi) is 5.84. The second-order valence-electron chi connectivity index (χ2n) is 4.03. The van der Waals surface area contributed by atoms with Crippen molar-refractivity contribution in [1.29, 1.82) is 0 Å². The largest absolute Gasteiger partial charge is 0.480 e. The molecule has 0 aliphatic carbocycles. The van der Waals surface area contributed by atoms with Gasteiger partial charge in [0, 0.05) is 0 Å². The van der Waals surface area contributed by atoms with Crippen molar-refractivity contribution < 1.29 is 29.0 Å². The number of carbonyl (C=O) groups excluding carboxylic acids is 1. The van der Waals surface area contributed by atoms with Gasteiger partial charge in [0.1, 0.15) is 12.6 Å². The Morgan fingerprint density at radius 2 is 1.80 bits per heavy atom. The maximum Gasteiger partial charge on any atom is 0.401 e. The Balaban J connectivity index is 2.77. The van der Waals surface area contributed by atoms with E-state index in [9.17, 15) is 14.2 Å². The van der Waals surface area contributed by atoms with Crippen molar-refractivity contribution in [2.45, 2.75) is 12.5 Å². The maximum atomic E-state index is 11.7. The molecule has 9 heteroatoms. The summed E-state index contributed by atoms with van der Waals surface area (Å²) in [5, 5.41) is 12.4. The smallest absolute Gasteiger partial charge is 0.401 e. The van der Waals surface area contributed by atoms with Gasteiger partial charge in [-0.1, -0.05) is 30.3 Å². The molecule has 0 spiro atoms. The van der Waals surface area contributed by atoms with E-state index >= 15 is 0 Å². The van der Waals surface area contributed by atoms with Gasteiger partial charge in [0.2, 0.25) is 5.91 Å². The summed E-state index contributed by atoms with van der Waals surface area (Å²) in [4.78, 5) is 39.9. The molecule has 0 aromatic heterocycles. The van der Waals surface area contributed by atoms with Gasteiger partial charge in [-0.05, 0) is 12.0 Å².